The molecule has 0 saturated carbocycles. The van der Waals surface area contributed by atoms with Crippen LogP contribution in [0.3, 0.4) is 0 Å². The summed E-state index contributed by atoms with van der Waals surface area (Å²) < 4.78 is 24.2. The molecule has 0 amide bonds. The first kappa shape index (κ1) is 8.82. The molecule has 0 aliphatic rings. The standard InChI is InChI=1S/C6H12F2O/c1-2-3-4-6(7,8)5-9/h9H,2-5H2,1H3. The summed E-state index contributed by atoms with van der Waals surface area (Å²) in [6.07, 6.45) is 1.03. The van der Waals surface area contributed by atoms with Crippen molar-refractivity contribution in [3.8, 4) is 0 Å². The lowest BCUT2D eigenvalue weighted by Crippen LogP contribution is -2.20. The lowest BCUT2D eigenvalue weighted by Gasteiger charge is -2.10. The highest BCUT2D eigenvalue weighted by atomic mass is 19.3. The van der Waals surface area contributed by atoms with Gasteiger partial charge in [0, 0.05) is 6.42 Å². The Labute approximate surface area is 53.7 Å². The number of halogens is 2. The predicted molar refractivity (Wildman–Crippen MR) is 31.6 cm³/mol. The van der Waals surface area contributed by atoms with Crippen LogP contribution in [0.25, 0.3) is 0 Å². The smallest absolute Gasteiger partial charge is 0.270 e. The second-order valence-electron chi connectivity index (χ2n) is 2.12. The Bertz CT molecular complexity index is 73.5. The van der Waals surface area contributed by atoms with Crippen molar-refractivity contribution in [1.82, 2.24) is 0 Å². The molecule has 0 spiro atoms. The fraction of sp³-hybridized carbons (Fsp3) is 1.00. The topological polar surface area (TPSA) is 20.2 Å². The molecule has 0 aliphatic heterocycles. The van der Waals surface area contributed by atoms with Gasteiger partial charge < -0.3 is 5.11 Å². The minimum absolute atomic E-state index is 0.194. The van der Waals surface area contributed by atoms with Crippen molar-refractivity contribution in [3.63, 3.8) is 0 Å². The van der Waals surface area contributed by atoms with E-state index in [1.807, 2.05) is 6.92 Å². The molecule has 0 rings (SSSR count). The first-order valence-corrected chi connectivity index (χ1v) is 3.11. The summed E-state index contributed by atoms with van der Waals surface area (Å²) in [6.45, 7) is 0.820. The van der Waals surface area contributed by atoms with Gasteiger partial charge in [-0.1, -0.05) is 13.3 Å². The van der Waals surface area contributed by atoms with Crippen LogP contribution >= 0.6 is 0 Å². The molecule has 0 saturated heterocycles. The van der Waals surface area contributed by atoms with Gasteiger partial charge in [-0.05, 0) is 6.42 Å². The van der Waals surface area contributed by atoms with Crippen LogP contribution in [-0.4, -0.2) is 17.6 Å². The van der Waals surface area contributed by atoms with Gasteiger partial charge in [0.1, 0.15) is 6.61 Å². The van der Waals surface area contributed by atoms with Crippen molar-refractivity contribution >= 4 is 0 Å². The normalized spacial score (nSPS) is 12.0. The number of hydrogen-bond donors (Lipinski definition) is 1. The third-order valence-electron chi connectivity index (χ3n) is 1.13. The van der Waals surface area contributed by atoms with Crippen molar-refractivity contribution in [3.05, 3.63) is 0 Å². The Morgan fingerprint density at radius 2 is 2.00 bits per heavy atom. The molecule has 1 N–H and O–H groups in total. The predicted octanol–water partition coefficient (Wildman–Crippen LogP) is 1.80. The zero-order chi connectivity index (χ0) is 7.33. The van der Waals surface area contributed by atoms with Crippen LogP contribution in [0.15, 0.2) is 0 Å². The molecule has 0 aromatic carbocycles. The van der Waals surface area contributed by atoms with Crippen LogP contribution in [0.1, 0.15) is 26.2 Å². The average molecular weight is 138 g/mol. The fourth-order valence-electron chi connectivity index (χ4n) is 0.514. The highest BCUT2D eigenvalue weighted by Gasteiger charge is 2.25. The molecular formula is C6H12F2O. The van der Waals surface area contributed by atoms with Gasteiger partial charge in [0.25, 0.3) is 5.92 Å². The maximum Gasteiger partial charge on any atom is 0.270 e. The molecule has 0 aliphatic carbocycles. The number of rotatable bonds is 4. The van der Waals surface area contributed by atoms with E-state index in [1.165, 1.54) is 0 Å². The van der Waals surface area contributed by atoms with Gasteiger partial charge >= 0.3 is 0 Å². The molecule has 0 fully saturated rings. The van der Waals surface area contributed by atoms with Crippen molar-refractivity contribution in [2.45, 2.75) is 32.1 Å². The van der Waals surface area contributed by atoms with Crippen LogP contribution in [0.5, 0.6) is 0 Å². The quantitative estimate of drug-likeness (QED) is 0.628. The zero-order valence-corrected chi connectivity index (χ0v) is 5.53. The lowest BCUT2D eigenvalue weighted by atomic mass is 10.2. The molecule has 0 bridgehead atoms. The molecule has 0 unspecified atom stereocenters. The van der Waals surface area contributed by atoms with E-state index in [-0.39, 0.29) is 6.42 Å². The van der Waals surface area contributed by atoms with Crippen LogP contribution in [-0.2, 0) is 0 Å². The first-order chi connectivity index (χ1) is 4.12. The third-order valence-corrected chi connectivity index (χ3v) is 1.13. The summed E-state index contributed by atoms with van der Waals surface area (Å²) >= 11 is 0. The maximum absolute atomic E-state index is 12.1. The molecule has 3 heteroatoms. The highest BCUT2D eigenvalue weighted by molar-refractivity contribution is 4.62. The van der Waals surface area contributed by atoms with Crippen LogP contribution in [0.4, 0.5) is 8.78 Å². The Hall–Kier alpha value is -0.180. The van der Waals surface area contributed by atoms with Crippen molar-refractivity contribution in [2.24, 2.45) is 0 Å². The molecule has 56 valence electrons. The number of aliphatic hydroxyl groups is 1. The minimum Gasteiger partial charge on any atom is -0.390 e. The Kier molecular flexibility index (Phi) is 3.70. The number of aliphatic hydroxyl groups excluding tert-OH is 1. The van der Waals surface area contributed by atoms with Crippen LogP contribution in [0.2, 0.25) is 0 Å². The summed E-state index contributed by atoms with van der Waals surface area (Å²) in [5, 5.41) is 8.07. The van der Waals surface area contributed by atoms with Gasteiger partial charge in [0.05, 0.1) is 0 Å². The molecule has 0 atom stereocenters. The summed E-state index contributed by atoms with van der Waals surface area (Å²) in [5.41, 5.74) is 0. The summed E-state index contributed by atoms with van der Waals surface area (Å²) in [6, 6.07) is 0. The summed E-state index contributed by atoms with van der Waals surface area (Å²) in [5.74, 6) is -2.85. The van der Waals surface area contributed by atoms with Gasteiger partial charge in [-0.25, -0.2) is 8.78 Å². The van der Waals surface area contributed by atoms with E-state index in [4.69, 9.17) is 5.11 Å². The molecular weight excluding hydrogens is 126 g/mol. The Morgan fingerprint density at radius 3 is 2.33 bits per heavy atom. The largest absolute Gasteiger partial charge is 0.390 e. The molecule has 0 aromatic rings. The van der Waals surface area contributed by atoms with Crippen LogP contribution in [0, 0.1) is 0 Å². The van der Waals surface area contributed by atoms with E-state index in [1.54, 1.807) is 0 Å². The summed E-state index contributed by atoms with van der Waals surface area (Å²) in [4.78, 5) is 0. The molecule has 0 radical (unpaired) electrons. The number of alkyl halides is 2. The first-order valence-electron chi connectivity index (χ1n) is 3.11. The van der Waals surface area contributed by atoms with Gasteiger partial charge in [-0.2, -0.15) is 0 Å². The summed E-state index contributed by atoms with van der Waals surface area (Å²) in [7, 11) is 0. The van der Waals surface area contributed by atoms with E-state index >= 15 is 0 Å². The van der Waals surface area contributed by atoms with Gasteiger partial charge in [0.15, 0.2) is 0 Å². The van der Waals surface area contributed by atoms with Crippen LogP contribution < -0.4 is 0 Å². The fourth-order valence-corrected chi connectivity index (χ4v) is 0.514. The SMILES string of the molecule is CCCCC(F)(F)CO. The third kappa shape index (κ3) is 4.33. The highest BCUT2D eigenvalue weighted by Crippen LogP contribution is 2.19. The second kappa shape index (κ2) is 3.77. The Morgan fingerprint density at radius 1 is 1.44 bits per heavy atom. The number of unbranched alkanes of at least 4 members (excludes halogenated alkanes) is 1. The zero-order valence-electron chi connectivity index (χ0n) is 5.53. The Balaban J connectivity index is 3.33. The molecule has 1 nitrogen and oxygen atoms in total. The average Bonchev–Trinajstić information content (AvgIpc) is 1.84. The van der Waals surface area contributed by atoms with Gasteiger partial charge in [-0.3, -0.25) is 0 Å². The maximum atomic E-state index is 12.1. The lowest BCUT2D eigenvalue weighted by molar-refractivity contribution is -0.0575. The van der Waals surface area contributed by atoms with E-state index in [9.17, 15) is 8.78 Å². The molecule has 0 heterocycles. The van der Waals surface area contributed by atoms with E-state index in [0.29, 0.717) is 6.42 Å². The van der Waals surface area contributed by atoms with E-state index in [0.717, 1.165) is 6.42 Å². The van der Waals surface area contributed by atoms with Crippen molar-refractivity contribution in [1.29, 1.82) is 0 Å². The van der Waals surface area contributed by atoms with Crippen molar-refractivity contribution < 1.29 is 13.9 Å². The minimum atomic E-state index is -2.85. The molecule has 9 heavy (non-hydrogen) atoms. The van der Waals surface area contributed by atoms with E-state index in [2.05, 4.69) is 0 Å². The monoisotopic (exact) mass is 138 g/mol. The van der Waals surface area contributed by atoms with Gasteiger partial charge in [0.2, 0.25) is 0 Å². The molecule has 0 aromatic heterocycles. The van der Waals surface area contributed by atoms with E-state index < -0.39 is 12.5 Å². The second-order valence-corrected chi connectivity index (χ2v) is 2.12. The van der Waals surface area contributed by atoms with Crippen molar-refractivity contribution in [2.75, 3.05) is 6.61 Å². The number of hydrogen-bond acceptors (Lipinski definition) is 1. The van der Waals surface area contributed by atoms with Gasteiger partial charge in [-0.15, -0.1) is 0 Å².